The molecule has 0 spiro atoms. The van der Waals surface area contributed by atoms with Gasteiger partial charge in [0.1, 0.15) is 5.75 Å². The average Bonchev–Trinajstić information content (AvgIpc) is 2.88. The SMILES string of the molecule is c1ccc(Cn2nnnc2Oc2ccccc2)cc1. The quantitative estimate of drug-likeness (QED) is 0.716. The molecule has 0 amide bonds. The molecule has 5 heteroatoms. The van der Waals surface area contributed by atoms with Crippen molar-refractivity contribution in [3.63, 3.8) is 0 Å². The minimum absolute atomic E-state index is 0.384. The van der Waals surface area contributed by atoms with Crippen LogP contribution in [0, 0.1) is 0 Å². The number of aromatic nitrogens is 4. The summed E-state index contributed by atoms with van der Waals surface area (Å²) in [5.41, 5.74) is 1.12. The minimum Gasteiger partial charge on any atom is -0.423 e. The first-order valence-electron chi connectivity index (χ1n) is 5.95. The first kappa shape index (κ1) is 11.4. The highest BCUT2D eigenvalue weighted by atomic mass is 16.5. The number of ether oxygens (including phenoxy) is 1. The van der Waals surface area contributed by atoms with Gasteiger partial charge in [-0.2, -0.15) is 4.68 Å². The van der Waals surface area contributed by atoms with E-state index in [0.29, 0.717) is 18.3 Å². The monoisotopic (exact) mass is 252 g/mol. The summed E-state index contributed by atoms with van der Waals surface area (Å²) in [6.45, 7) is 0.579. The first-order chi connectivity index (χ1) is 9.42. The molecule has 0 aliphatic heterocycles. The highest BCUT2D eigenvalue weighted by Crippen LogP contribution is 2.18. The fourth-order valence-electron chi connectivity index (χ4n) is 1.72. The first-order valence-corrected chi connectivity index (χ1v) is 5.95. The third kappa shape index (κ3) is 2.77. The van der Waals surface area contributed by atoms with Crippen molar-refractivity contribution < 1.29 is 4.74 Å². The molecule has 0 bridgehead atoms. The number of hydrogen-bond donors (Lipinski definition) is 0. The topological polar surface area (TPSA) is 52.8 Å². The molecule has 0 saturated heterocycles. The molecule has 0 saturated carbocycles. The molecule has 0 N–H and O–H groups in total. The van der Waals surface area contributed by atoms with E-state index in [1.165, 1.54) is 0 Å². The normalized spacial score (nSPS) is 10.3. The molecule has 1 heterocycles. The van der Waals surface area contributed by atoms with E-state index in [1.54, 1.807) is 4.68 Å². The molecule has 0 aliphatic carbocycles. The van der Waals surface area contributed by atoms with Gasteiger partial charge in [0.25, 0.3) is 0 Å². The Balaban J connectivity index is 1.79. The Morgan fingerprint density at radius 1 is 0.895 bits per heavy atom. The molecule has 3 aromatic rings. The van der Waals surface area contributed by atoms with E-state index in [2.05, 4.69) is 15.5 Å². The van der Waals surface area contributed by atoms with Crippen LogP contribution in [0.15, 0.2) is 60.7 Å². The zero-order valence-electron chi connectivity index (χ0n) is 10.2. The van der Waals surface area contributed by atoms with Crippen LogP contribution in [-0.2, 0) is 6.54 Å². The van der Waals surface area contributed by atoms with Gasteiger partial charge >= 0.3 is 6.01 Å². The maximum atomic E-state index is 5.65. The summed E-state index contributed by atoms with van der Waals surface area (Å²) in [6, 6.07) is 19.8. The smallest absolute Gasteiger partial charge is 0.341 e. The maximum Gasteiger partial charge on any atom is 0.341 e. The summed E-state index contributed by atoms with van der Waals surface area (Å²) < 4.78 is 7.28. The van der Waals surface area contributed by atoms with E-state index in [9.17, 15) is 0 Å². The van der Waals surface area contributed by atoms with Gasteiger partial charge in [-0.05, 0) is 28.1 Å². The Hall–Kier alpha value is -2.69. The number of tetrazole rings is 1. The number of benzene rings is 2. The number of rotatable bonds is 4. The highest BCUT2D eigenvalue weighted by molar-refractivity contribution is 5.24. The molecule has 0 unspecified atom stereocenters. The van der Waals surface area contributed by atoms with Crippen LogP contribution in [0.1, 0.15) is 5.56 Å². The molecule has 19 heavy (non-hydrogen) atoms. The van der Waals surface area contributed by atoms with E-state index in [4.69, 9.17) is 4.74 Å². The van der Waals surface area contributed by atoms with Gasteiger partial charge in [0, 0.05) is 0 Å². The summed E-state index contributed by atoms with van der Waals surface area (Å²) in [5, 5.41) is 11.5. The van der Waals surface area contributed by atoms with Crippen molar-refractivity contribution in [1.82, 2.24) is 20.2 Å². The van der Waals surface area contributed by atoms with Crippen LogP contribution in [0.25, 0.3) is 0 Å². The van der Waals surface area contributed by atoms with Gasteiger partial charge < -0.3 is 4.74 Å². The molecule has 0 fully saturated rings. The Bertz CT molecular complexity index is 581. The van der Waals surface area contributed by atoms with Crippen LogP contribution in [0.5, 0.6) is 11.8 Å². The third-order valence-electron chi connectivity index (χ3n) is 2.63. The molecular weight excluding hydrogens is 240 g/mol. The zero-order chi connectivity index (χ0) is 12.9. The Morgan fingerprint density at radius 2 is 1.58 bits per heavy atom. The predicted octanol–water partition coefficient (Wildman–Crippen LogP) is 2.51. The molecule has 1 aromatic heterocycles. The van der Waals surface area contributed by atoms with Crippen LogP contribution in [0.3, 0.4) is 0 Å². The molecule has 94 valence electrons. The Labute approximate surface area is 110 Å². The second-order valence-corrected chi connectivity index (χ2v) is 4.02. The predicted molar refractivity (Wildman–Crippen MR) is 69.9 cm³/mol. The number of para-hydroxylation sites is 1. The number of hydrogen-bond acceptors (Lipinski definition) is 4. The van der Waals surface area contributed by atoms with E-state index >= 15 is 0 Å². The summed E-state index contributed by atoms with van der Waals surface area (Å²) >= 11 is 0. The van der Waals surface area contributed by atoms with Crippen molar-refractivity contribution in [3.8, 4) is 11.8 Å². The lowest BCUT2D eigenvalue weighted by molar-refractivity contribution is 0.406. The van der Waals surface area contributed by atoms with Gasteiger partial charge in [-0.25, -0.2) is 0 Å². The fourth-order valence-corrected chi connectivity index (χ4v) is 1.72. The van der Waals surface area contributed by atoms with Crippen molar-refractivity contribution in [2.24, 2.45) is 0 Å². The maximum absolute atomic E-state index is 5.65. The van der Waals surface area contributed by atoms with Gasteiger partial charge in [-0.1, -0.05) is 53.6 Å². The number of nitrogens with zero attached hydrogens (tertiary/aromatic N) is 4. The van der Waals surface area contributed by atoms with Crippen LogP contribution in [-0.4, -0.2) is 20.2 Å². The lowest BCUT2D eigenvalue weighted by Gasteiger charge is -2.05. The van der Waals surface area contributed by atoms with Crippen molar-refractivity contribution in [3.05, 3.63) is 66.2 Å². The molecule has 2 aromatic carbocycles. The molecule has 0 atom stereocenters. The minimum atomic E-state index is 0.384. The highest BCUT2D eigenvalue weighted by Gasteiger charge is 2.08. The molecule has 3 rings (SSSR count). The van der Waals surface area contributed by atoms with Crippen LogP contribution >= 0.6 is 0 Å². The summed E-state index contributed by atoms with van der Waals surface area (Å²) in [4.78, 5) is 0. The van der Waals surface area contributed by atoms with Crippen molar-refractivity contribution in [2.75, 3.05) is 0 Å². The molecular formula is C14H12N4O. The van der Waals surface area contributed by atoms with Crippen LogP contribution in [0.2, 0.25) is 0 Å². The summed E-state index contributed by atoms with van der Waals surface area (Å²) in [7, 11) is 0. The summed E-state index contributed by atoms with van der Waals surface area (Å²) in [6.07, 6.45) is 0. The van der Waals surface area contributed by atoms with Gasteiger partial charge in [-0.15, -0.1) is 0 Å². The Kier molecular flexibility index (Phi) is 3.18. The van der Waals surface area contributed by atoms with E-state index in [1.807, 2.05) is 60.7 Å². The zero-order valence-corrected chi connectivity index (χ0v) is 10.2. The lowest BCUT2D eigenvalue weighted by atomic mass is 10.2. The Morgan fingerprint density at radius 3 is 2.32 bits per heavy atom. The van der Waals surface area contributed by atoms with Crippen LogP contribution < -0.4 is 4.74 Å². The second kappa shape index (κ2) is 5.30. The van der Waals surface area contributed by atoms with Gasteiger partial charge in [0.15, 0.2) is 0 Å². The van der Waals surface area contributed by atoms with Crippen molar-refractivity contribution >= 4 is 0 Å². The van der Waals surface area contributed by atoms with Crippen molar-refractivity contribution in [1.29, 1.82) is 0 Å². The van der Waals surface area contributed by atoms with Gasteiger partial charge in [0.05, 0.1) is 6.54 Å². The van der Waals surface area contributed by atoms with E-state index in [0.717, 1.165) is 5.56 Å². The second-order valence-electron chi connectivity index (χ2n) is 4.02. The lowest BCUT2D eigenvalue weighted by Crippen LogP contribution is -2.04. The van der Waals surface area contributed by atoms with Crippen LogP contribution in [0.4, 0.5) is 0 Å². The van der Waals surface area contributed by atoms with E-state index < -0.39 is 0 Å². The fraction of sp³-hybridized carbons (Fsp3) is 0.0714. The van der Waals surface area contributed by atoms with Gasteiger partial charge in [0.2, 0.25) is 0 Å². The molecule has 5 nitrogen and oxygen atoms in total. The third-order valence-corrected chi connectivity index (χ3v) is 2.63. The molecule has 0 radical (unpaired) electrons. The average molecular weight is 252 g/mol. The van der Waals surface area contributed by atoms with Gasteiger partial charge in [-0.3, -0.25) is 0 Å². The van der Waals surface area contributed by atoms with Crippen molar-refractivity contribution in [2.45, 2.75) is 6.54 Å². The largest absolute Gasteiger partial charge is 0.423 e. The van der Waals surface area contributed by atoms with E-state index in [-0.39, 0.29) is 0 Å². The standard InChI is InChI=1S/C14H12N4O/c1-3-7-12(8-4-1)11-18-14(15-16-17-18)19-13-9-5-2-6-10-13/h1-10H,11H2. The molecule has 0 aliphatic rings. The summed E-state index contributed by atoms with van der Waals surface area (Å²) in [5.74, 6) is 0.714.